The van der Waals surface area contributed by atoms with Crippen molar-refractivity contribution in [2.45, 2.75) is 50.7 Å². The van der Waals surface area contributed by atoms with E-state index in [9.17, 15) is 9.59 Å². The summed E-state index contributed by atoms with van der Waals surface area (Å²) in [5.74, 6) is 3.62. The van der Waals surface area contributed by atoms with Crippen molar-refractivity contribution >= 4 is 34.9 Å². The third kappa shape index (κ3) is 4.22. The number of thioether (sulfide) groups is 1. The minimum Gasteiger partial charge on any atom is -0.273 e. The van der Waals surface area contributed by atoms with Crippen LogP contribution in [0.25, 0.3) is 0 Å². The summed E-state index contributed by atoms with van der Waals surface area (Å²) in [6.45, 7) is 0. The van der Waals surface area contributed by atoms with Gasteiger partial charge in [0.2, 0.25) is 11.8 Å². The highest BCUT2D eigenvalue weighted by molar-refractivity contribution is 7.99. The zero-order chi connectivity index (χ0) is 17.3. The largest absolute Gasteiger partial charge is 0.273 e. The third-order valence-electron chi connectivity index (χ3n) is 6.10. The Morgan fingerprint density at radius 1 is 1.08 bits per heavy atom. The number of nitrogens with one attached hydrogen (secondary N) is 2. The molecule has 4 aliphatic carbocycles. The van der Waals surface area contributed by atoms with Crippen molar-refractivity contribution in [2.24, 2.45) is 23.2 Å². The lowest BCUT2D eigenvalue weighted by Gasteiger charge is -2.56. The quantitative estimate of drug-likeness (QED) is 0.742. The molecule has 4 aliphatic rings. The Kier molecular flexibility index (Phi) is 5.09. The molecule has 25 heavy (non-hydrogen) atoms. The van der Waals surface area contributed by atoms with Crippen molar-refractivity contribution in [1.29, 1.82) is 0 Å². The Bertz CT molecular complexity index is 594. The molecular weight excluding hydrogens is 352 g/mol. The molecule has 4 saturated carbocycles. The molecule has 2 N–H and O–H groups in total. The molecule has 0 radical (unpaired) electrons. The van der Waals surface area contributed by atoms with Gasteiger partial charge in [0, 0.05) is 17.1 Å². The van der Waals surface area contributed by atoms with Crippen molar-refractivity contribution < 1.29 is 9.59 Å². The summed E-state index contributed by atoms with van der Waals surface area (Å²) in [7, 11) is 0. The smallest absolute Gasteiger partial charge is 0.248 e. The Morgan fingerprint density at radius 3 is 2.32 bits per heavy atom. The second kappa shape index (κ2) is 7.31. The Labute approximate surface area is 157 Å². The van der Waals surface area contributed by atoms with Crippen LogP contribution in [-0.4, -0.2) is 17.6 Å². The van der Waals surface area contributed by atoms with E-state index >= 15 is 0 Å². The molecular formula is C19H26N2O2S2. The van der Waals surface area contributed by atoms with Gasteiger partial charge in [-0.3, -0.25) is 20.4 Å². The number of thiophene rings is 1. The van der Waals surface area contributed by atoms with Crippen LogP contribution in [-0.2, 0) is 15.3 Å². The molecule has 0 spiro atoms. The molecule has 136 valence electrons. The number of carbonyl (C=O) groups is 2. The minimum atomic E-state index is -0.125. The fourth-order valence-corrected chi connectivity index (χ4v) is 7.37. The summed E-state index contributed by atoms with van der Waals surface area (Å²) in [5, 5.41) is 2.04. The zero-order valence-electron chi connectivity index (χ0n) is 14.5. The third-order valence-corrected chi connectivity index (χ3v) is 8.14. The van der Waals surface area contributed by atoms with Crippen LogP contribution in [0.5, 0.6) is 0 Å². The second-order valence-electron chi connectivity index (χ2n) is 8.26. The molecule has 1 aromatic rings. The van der Waals surface area contributed by atoms with E-state index in [-0.39, 0.29) is 17.2 Å². The maximum absolute atomic E-state index is 12.4. The molecule has 1 heterocycles. The number of hydrogen-bond donors (Lipinski definition) is 2. The molecule has 0 unspecified atom stereocenters. The predicted octanol–water partition coefficient (Wildman–Crippen LogP) is 3.74. The lowest BCUT2D eigenvalue weighted by molar-refractivity contribution is -0.133. The Balaban J connectivity index is 1.18. The van der Waals surface area contributed by atoms with Crippen LogP contribution in [0, 0.1) is 23.2 Å². The standard InChI is InChI=1S/C19H26N2O2S2/c22-17(20-21-18(23)12-24-11-16-2-1-3-25-16)10-19-7-13-4-14(8-19)6-15(5-13)9-19/h1-3,13-15H,4-12H2,(H,20,22)(H,21,23). The van der Waals surface area contributed by atoms with Crippen molar-refractivity contribution in [1.82, 2.24) is 10.9 Å². The fourth-order valence-electron chi connectivity index (χ4n) is 5.71. The molecule has 4 bridgehead atoms. The predicted molar refractivity (Wildman–Crippen MR) is 102 cm³/mol. The Morgan fingerprint density at radius 2 is 1.72 bits per heavy atom. The first-order chi connectivity index (χ1) is 12.1. The van der Waals surface area contributed by atoms with Crippen molar-refractivity contribution in [2.75, 3.05) is 5.75 Å². The van der Waals surface area contributed by atoms with Gasteiger partial charge < -0.3 is 0 Å². The average Bonchev–Trinajstić information content (AvgIpc) is 3.04. The van der Waals surface area contributed by atoms with Gasteiger partial charge in [-0.15, -0.1) is 23.1 Å². The van der Waals surface area contributed by atoms with Crippen LogP contribution in [0.15, 0.2) is 17.5 Å². The number of rotatable bonds is 6. The second-order valence-corrected chi connectivity index (χ2v) is 10.3. The van der Waals surface area contributed by atoms with Crippen LogP contribution >= 0.6 is 23.1 Å². The molecule has 2 amide bonds. The molecule has 6 heteroatoms. The lowest BCUT2D eigenvalue weighted by Crippen LogP contribution is -2.50. The summed E-state index contributed by atoms with van der Waals surface area (Å²) in [6.07, 6.45) is 8.40. The van der Waals surface area contributed by atoms with Gasteiger partial charge >= 0.3 is 0 Å². The van der Waals surface area contributed by atoms with Gasteiger partial charge in [-0.05, 0) is 73.1 Å². The maximum atomic E-state index is 12.4. The van der Waals surface area contributed by atoms with E-state index in [1.807, 2.05) is 11.4 Å². The SMILES string of the molecule is O=C(CSCc1cccs1)NNC(=O)CC12CC3CC(CC(C3)C1)C2. The summed E-state index contributed by atoms with van der Waals surface area (Å²) in [6, 6.07) is 4.09. The van der Waals surface area contributed by atoms with Crippen LogP contribution in [0.3, 0.4) is 0 Å². The van der Waals surface area contributed by atoms with E-state index < -0.39 is 0 Å². The molecule has 0 aliphatic heterocycles. The average molecular weight is 379 g/mol. The van der Waals surface area contributed by atoms with E-state index in [4.69, 9.17) is 0 Å². The molecule has 0 saturated heterocycles. The first kappa shape index (κ1) is 17.4. The van der Waals surface area contributed by atoms with Crippen LogP contribution < -0.4 is 10.9 Å². The minimum absolute atomic E-state index is 0.0152. The fraction of sp³-hybridized carbons (Fsp3) is 0.684. The molecule has 0 aromatic carbocycles. The molecule has 5 rings (SSSR count). The van der Waals surface area contributed by atoms with Gasteiger partial charge in [0.1, 0.15) is 0 Å². The van der Waals surface area contributed by atoms with Crippen molar-refractivity contribution in [3.8, 4) is 0 Å². The monoisotopic (exact) mass is 378 g/mol. The molecule has 4 fully saturated rings. The van der Waals surface area contributed by atoms with Crippen molar-refractivity contribution in [3.05, 3.63) is 22.4 Å². The van der Waals surface area contributed by atoms with Gasteiger partial charge in [-0.1, -0.05) is 6.07 Å². The highest BCUT2D eigenvalue weighted by Crippen LogP contribution is 2.61. The maximum Gasteiger partial charge on any atom is 0.248 e. The lowest BCUT2D eigenvalue weighted by atomic mass is 9.49. The highest BCUT2D eigenvalue weighted by Gasteiger charge is 2.51. The van der Waals surface area contributed by atoms with Gasteiger partial charge in [0.25, 0.3) is 0 Å². The number of amides is 2. The number of hydrazine groups is 1. The van der Waals surface area contributed by atoms with Gasteiger partial charge in [-0.2, -0.15) is 0 Å². The van der Waals surface area contributed by atoms with E-state index in [0.717, 1.165) is 23.5 Å². The van der Waals surface area contributed by atoms with Gasteiger partial charge in [0.05, 0.1) is 5.75 Å². The first-order valence-electron chi connectivity index (χ1n) is 9.28. The molecule has 1 aromatic heterocycles. The van der Waals surface area contributed by atoms with Gasteiger partial charge in [0.15, 0.2) is 0 Å². The Hall–Kier alpha value is -1.01. The molecule has 4 nitrogen and oxygen atoms in total. The molecule has 0 atom stereocenters. The normalized spacial score (nSPS) is 32.6. The van der Waals surface area contributed by atoms with Crippen LogP contribution in [0.1, 0.15) is 49.8 Å². The topological polar surface area (TPSA) is 58.2 Å². The highest BCUT2D eigenvalue weighted by atomic mass is 32.2. The zero-order valence-corrected chi connectivity index (χ0v) is 16.1. The van der Waals surface area contributed by atoms with E-state index in [1.54, 1.807) is 23.1 Å². The van der Waals surface area contributed by atoms with Crippen LogP contribution in [0.2, 0.25) is 0 Å². The first-order valence-corrected chi connectivity index (χ1v) is 11.3. The number of hydrogen-bond acceptors (Lipinski definition) is 4. The van der Waals surface area contributed by atoms with Crippen LogP contribution in [0.4, 0.5) is 0 Å². The summed E-state index contributed by atoms with van der Waals surface area (Å²) >= 11 is 3.27. The summed E-state index contributed by atoms with van der Waals surface area (Å²) in [4.78, 5) is 25.5. The number of carbonyl (C=O) groups excluding carboxylic acids is 2. The van der Waals surface area contributed by atoms with E-state index in [1.165, 1.54) is 43.4 Å². The summed E-state index contributed by atoms with van der Waals surface area (Å²) < 4.78 is 0. The van der Waals surface area contributed by atoms with Crippen molar-refractivity contribution in [3.63, 3.8) is 0 Å². The summed E-state index contributed by atoms with van der Waals surface area (Å²) in [5.41, 5.74) is 5.46. The van der Waals surface area contributed by atoms with E-state index in [2.05, 4.69) is 16.9 Å². The van der Waals surface area contributed by atoms with E-state index in [0.29, 0.717) is 12.2 Å². The van der Waals surface area contributed by atoms with Gasteiger partial charge in [-0.25, -0.2) is 0 Å².